The summed E-state index contributed by atoms with van der Waals surface area (Å²) in [5, 5.41) is 4.65. The highest BCUT2D eigenvalue weighted by atomic mass is 32.2. The van der Waals surface area contributed by atoms with Crippen LogP contribution >= 0.6 is 0 Å². The Morgan fingerprint density at radius 3 is 2.69 bits per heavy atom. The number of benzene rings is 1. The van der Waals surface area contributed by atoms with Crippen LogP contribution in [0, 0.1) is 0 Å². The molecular weight excluding hydrogens is 186 g/mol. The number of hydrogen-bond donors (Lipinski definition) is 1. The average molecular weight is 197 g/mol. The predicted octanol–water partition coefficient (Wildman–Crippen LogP) is 0.962. The lowest BCUT2D eigenvalue weighted by Crippen LogP contribution is -2.19. The molecule has 13 heavy (non-hydrogen) atoms. The molecule has 1 aliphatic rings. The number of rotatable bonds is 1. The average Bonchev–Trinajstić information content (AvgIpc) is 2.45. The fourth-order valence-electron chi connectivity index (χ4n) is 1.86. The van der Waals surface area contributed by atoms with Gasteiger partial charge in [-0.15, -0.1) is 0 Å². The molecule has 1 unspecified atom stereocenters. The largest absolute Gasteiger partial charge is 0.228 e. The molecule has 1 aromatic rings. The van der Waals surface area contributed by atoms with E-state index in [1.807, 2.05) is 24.3 Å². The molecule has 0 saturated heterocycles. The Bertz CT molecular complexity index is 425. The molecule has 0 aliphatic heterocycles. The van der Waals surface area contributed by atoms with Gasteiger partial charge in [-0.25, -0.2) is 13.6 Å². The van der Waals surface area contributed by atoms with E-state index in [1.54, 1.807) is 0 Å². The quantitative estimate of drug-likeness (QED) is 0.729. The van der Waals surface area contributed by atoms with Gasteiger partial charge < -0.3 is 0 Å². The van der Waals surface area contributed by atoms with E-state index >= 15 is 0 Å². The topological polar surface area (TPSA) is 60.2 Å². The molecule has 1 aliphatic carbocycles. The molecule has 0 heterocycles. The number of nitrogens with two attached hydrogens (primary N) is 1. The molecule has 0 bridgehead atoms. The highest BCUT2D eigenvalue weighted by Gasteiger charge is 2.30. The fourth-order valence-corrected chi connectivity index (χ4v) is 2.89. The van der Waals surface area contributed by atoms with Gasteiger partial charge in [0.15, 0.2) is 0 Å². The summed E-state index contributed by atoms with van der Waals surface area (Å²) in [6.45, 7) is 0. The van der Waals surface area contributed by atoms with E-state index < -0.39 is 15.3 Å². The van der Waals surface area contributed by atoms with Crippen molar-refractivity contribution in [3.05, 3.63) is 35.4 Å². The molecule has 0 amide bonds. The third kappa shape index (κ3) is 1.47. The van der Waals surface area contributed by atoms with Gasteiger partial charge in [0.1, 0.15) is 5.25 Å². The lowest BCUT2D eigenvalue weighted by Gasteiger charge is -2.07. The zero-order valence-electron chi connectivity index (χ0n) is 7.10. The van der Waals surface area contributed by atoms with Gasteiger partial charge in [-0.2, -0.15) is 0 Å². The van der Waals surface area contributed by atoms with Crippen molar-refractivity contribution >= 4 is 10.0 Å². The van der Waals surface area contributed by atoms with Gasteiger partial charge >= 0.3 is 0 Å². The van der Waals surface area contributed by atoms with Crippen LogP contribution in [-0.2, 0) is 16.4 Å². The Morgan fingerprint density at radius 1 is 1.31 bits per heavy atom. The molecule has 70 valence electrons. The van der Waals surface area contributed by atoms with Crippen LogP contribution in [0.15, 0.2) is 24.3 Å². The minimum Gasteiger partial charge on any atom is -0.228 e. The van der Waals surface area contributed by atoms with Crippen molar-refractivity contribution in [2.45, 2.75) is 18.1 Å². The Labute approximate surface area is 77.6 Å². The van der Waals surface area contributed by atoms with Crippen molar-refractivity contribution < 1.29 is 8.42 Å². The molecule has 1 atom stereocenters. The van der Waals surface area contributed by atoms with E-state index in [2.05, 4.69) is 0 Å². The predicted molar refractivity (Wildman–Crippen MR) is 50.6 cm³/mol. The van der Waals surface area contributed by atoms with Crippen LogP contribution in [0.25, 0.3) is 0 Å². The van der Waals surface area contributed by atoms with E-state index in [4.69, 9.17) is 5.14 Å². The van der Waals surface area contributed by atoms with E-state index in [0.717, 1.165) is 17.5 Å². The van der Waals surface area contributed by atoms with Crippen LogP contribution in [0.5, 0.6) is 0 Å². The van der Waals surface area contributed by atoms with Gasteiger partial charge in [0.2, 0.25) is 10.0 Å². The highest BCUT2D eigenvalue weighted by Crippen LogP contribution is 2.35. The van der Waals surface area contributed by atoms with Gasteiger partial charge in [-0.1, -0.05) is 24.3 Å². The minimum absolute atomic E-state index is 0.483. The number of sulfonamides is 1. The summed E-state index contributed by atoms with van der Waals surface area (Å²) in [7, 11) is -3.42. The maximum absolute atomic E-state index is 11.2. The van der Waals surface area contributed by atoms with Crippen molar-refractivity contribution in [3.63, 3.8) is 0 Å². The van der Waals surface area contributed by atoms with Gasteiger partial charge in [-0.3, -0.25) is 0 Å². The number of fused-ring (bicyclic) bond motifs is 1. The summed E-state index contributed by atoms with van der Waals surface area (Å²) in [4.78, 5) is 0. The molecule has 1 aromatic carbocycles. The van der Waals surface area contributed by atoms with Gasteiger partial charge in [0.05, 0.1) is 0 Å². The number of primary sulfonamides is 1. The first-order valence-corrected chi connectivity index (χ1v) is 5.79. The summed E-state index contributed by atoms with van der Waals surface area (Å²) in [5.74, 6) is 0. The van der Waals surface area contributed by atoms with E-state index in [1.165, 1.54) is 0 Å². The van der Waals surface area contributed by atoms with Gasteiger partial charge in [0.25, 0.3) is 0 Å². The summed E-state index contributed by atoms with van der Waals surface area (Å²) < 4.78 is 22.3. The first kappa shape index (κ1) is 8.72. The molecule has 3 nitrogen and oxygen atoms in total. The maximum atomic E-state index is 11.2. The lowest BCUT2D eigenvalue weighted by atomic mass is 10.1. The first-order valence-electron chi connectivity index (χ1n) is 4.18. The number of hydrogen-bond acceptors (Lipinski definition) is 2. The van der Waals surface area contributed by atoms with E-state index in [9.17, 15) is 8.42 Å². The van der Waals surface area contributed by atoms with Crippen molar-refractivity contribution in [3.8, 4) is 0 Å². The lowest BCUT2D eigenvalue weighted by molar-refractivity contribution is 0.582. The Balaban J connectivity index is 2.51. The molecule has 0 spiro atoms. The SMILES string of the molecule is NS(=O)(=O)C1CCc2ccccc21. The summed E-state index contributed by atoms with van der Waals surface area (Å²) in [5.41, 5.74) is 1.99. The zero-order valence-corrected chi connectivity index (χ0v) is 7.92. The number of aryl methyl sites for hydroxylation is 1. The Hall–Kier alpha value is -0.870. The van der Waals surface area contributed by atoms with Crippen LogP contribution in [0.3, 0.4) is 0 Å². The highest BCUT2D eigenvalue weighted by molar-refractivity contribution is 7.89. The Morgan fingerprint density at radius 2 is 2.00 bits per heavy atom. The van der Waals surface area contributed by atoms with Crippen molar-refractivity contribution in [2.75, 3.05) is 0 Å². The molecule has 0 aromatic heterocycles. The van der Waals surface area contributed by atoms with Gasteiger partial charge in [0, 0.05) is 0 Å². The van der Waals surface area contributed by atoms with Crippen LogP contribution in [0.2, 0.25) is 0 Å². The Kier molecular flexibility index (Phi) is 1.89. The minimum atomic E-state index is -3.42. The van der Waals surface area contributed by atoms with Crippen LogP contribution in [-0.4, -0.2) is 8.42 Å². The molecule has 0 saturated carbocycles. The molecule has 0 fully saturated rings. The van der Waals surface area contributed by atoms with Crippen LogP contribution in [0.1, 0.15) is 22.8 Å². The smallest absolute Gasteiger partial charge is 0.216 e. The van der Waals surface area contributed by atoms with E-state index in [0.29, 0.717) is 6.42 Å². The second kappa shape index (κ2) is 2.82. The molecule has 2 rings (SSSR count). The van der Waals surface area contributed by atoms with Crippen molar-refractivity contribution in [2.24, 2.45) is 5.14 Å². The summed E-state index contributed by atoms with van der Waals surface area (Å²) >= 11 is 0. The van der Waals surface area contributed by atoms with Crippen molar-refractivity contribution in [1.29, 1.82) is 0 Å². The standard InChI is InChI=1S/C9H11NO2S/c10-13(11,12)9-6-5-7-3-1-2-4-8(7)9/h1-4,9H,5-6H2,(H2,10,11,12). The monoisotopic (exact) mass is 197 g/mol. The first-order chi connectivity index (χ1) is 6.09. The van der Waals surface area contributed by atoms with Gasteiger partial charge in [-0.05, 0) is 24.0 Å². The van der Waals surface area contributed by atoms with Crippen molar-refractivity contribution in [1.82, 2.24) is 0 Å². The third-order valence-electron chi connectivity index (χ3n) is 2.47. The third-order valence-corrected chi connectivity index (χ3v) is 3.76. The summed E-state index contributed by atoms with van der Waals surface area (Å²) in [6, 6.07) is 7.57. The normalized spacial score (nSPS) is 21.5. The van der Waals surface area contributed by atoms with Crippen LogP contribution < -0.4 is 5.14 Å². The molecule has 4 heteroatoms. The molecule has 0 radical (unpaired) electrons. The summed E-state index contributed by atoms with van der Waals surface area (Å²) in [6.07, 6.45) is 1.44. The second-order valence-corrected chi connectivity index (χ2v) is 5.06. The van der Waals surface area contributed by atoms with Crippen LogP contribution in [0.4, 0.5) is 0 Å². The molecular formula is C9H11NO2S. The molecule has 2 N–H and O–H groups in total. The maximum Gasteiger partial charge on any atom is 0.216 e. The fraction of sp³-hybridized carbons (Fsp3) is 0.333. The zero-order chi connectivity index (χ0) is 9.47. The van der Waals surface area contributed by atoms with E-state index in [-0.39, 0.29) is 0 Å². The second-order valence-electron chi connectivity index (χ2n) is 3.32.